The number of rotatable bonds is 3. The van der Waals surface area contributed by atoms with Crippen LogP contribution in [0.4, 0.5) is 4.39 Å². The van der Waals surface area contributed by atoms with Gasteiger partial charge in [0.25, 0.3) is 0 Å². The van der Waals surface area contributed by atoms with Gasteiger partial charge in [0, 0.05) is 16.7 Å². The van der Waals surface area contributed by atoms with Crippen molar-refractivity contribution in [2.45, 2.75) is 6.61 Å². The topological polar surface area (TPSA) is 29.5 Å². The van der Waals surface area contributed by atoms with Crippen LogP contribution in [-0.4, -0.2) is 5.11 Å². The van der Waals surface area contributed by atoms with Crippen LogP contribution in [0.5, 0.6) is 11.5 Å². The maximum atomic E-state index is 13.4. The van der Waals surface area contributed by atoms with Gasteiger partial charge in [0.2, 0.25) is 0 Å². The molecule has 2 aromatic rings. The molecule has 0 heterocycles. The number of aliphatic hydroxyl groups excluding tert-OH is 1. The highest BCUT2D eigenvalue weighted by atomic mass is 79.9. The lowest BCUT2D eigenvalue weighted by molar-refractivity contribution is 0.276. The van der Waals surface area contributed by atoms with E-state index in [2.05, 4.69) is 15.9 Å². The number of benzene rings is 2. The summed E-state index contributed by atoms with van der Waals surface area (Å²) in [7, 11) is 0. The summed E-state index contributed by atoms with van der Waals surface area (Å²) < 4.78 is 19.5. The van der Waals surface area contributed by atoms with Crippen molar-refractivity contribution in [3.8, 4) is 11.5 Å². The molecule has 2 aromatic carbocycles. The Labute approximate surface area is 127 Å². The van der Waals surface area contributed by atoms with Crippen LogP contribution < -0.4 is 4.74 Å². The Morgan fingerprint density at radius 3 is 2.58 bits per heavy atom. The summed E-state index contributed by atoms with van der Waals surface area (Å²) in [5, 5.41) is 9.67. The van der Waals surface area contributed by atoms with Crippen LogP contribution in [0.3, 0.4) is 0 Å². The van der Waals surface area contributed by atoms with E-state index < -0.39 is 5.82 Å². The summed E-state index contributed by atoms with van der Waals surface area (Å²) in [6.07, 6.45) is 0. The first-order valence-corrected chi connectivity index (χ1v) is 6.78. The van der Waals surface area contributed by atoms with Crippen LogP contribution in [0.15, 0.2) is 34.8 Å². The van der Waals surface area contributed by atoms with Gasteiger partial charge >= 0.3 is 0 Å². The van der Waals surface area contributed by atoms with Gasteiger partial charge in [-0.2, -0.15) is 0 Å². The highest BCUT2D eigenvalue weighted by Crippen LogP contribution is 2.35. The first-order valence-electron chi connectivity index (χ1n) is 5.23. The van der Waals surface area contributed by atoms with Gasteiger partial charge in [0.05, 0.1) is 16.1 Å². The van der Waals surface area contributed by atoms with E-state index in [4.69, 9.17) is 27.9 Å². The third-order valence-electron chi connectivity index (χ3n) is 2.39. The van der Waals surface area contributed by atoms with Gasteiger partial charge in [-0.1, -0.05) is 29.3 Å². The van der Waals surface area contributed by atoms with Gasteiger partial charge < -0.3 is 9.84 Å². The lowest BCUT2D eigenvalue weighted by atomic mass is 10.2. The third kappa shape index (κ3) is 3.39. The molecule has 0 saturated heterocycles. The SMILES string of the molecule is OCc1ccc(Cl)cc1Oc1cc(F)c(Cl)cc1Br. The zero-order chi connectivity index (χ0) is 14.0. The fourth-order valence-corrected chi connectivity index (χ4v) is 2.34. The summed E-state index contributed by atoms with van der Waals surface area (Å²) in [5.41, 5.74) is 0.548. The zero-order valence-corrected chi connectivity index (χ0v) is 12.6. The van der Waals surface area contributed by atoms with E-state index in [-0.39, 0.29) is 17.4 Å². The minimum Gasteiger partial charge on any atom is -0.456 e. The quantitative estimate of drug-likeness (QED) is 0.759. The summed E-state index contributed by atoms with van der Waals surface area (Å²) >= 11 is 14.8. The van der Waals surface area contributed by atoms with E-state index in [1.807, 2.05) is 0 Å². The van der Waals surface area contributed by atoms with E-state index in [0.717, 1.165) is 6.07 Å². The maximum Gasteiger partial charge on any atom is 0.145 e. The van der Waals surface area contributed by atoms with Gasteiger partial charge in [0.1, 0.15) is 17.3 Å². The molecule has 1 N–H and O–H groups in total. The molecule has 0 atom stereocenters. The number of ether oxygens (including phenoxy) is 1. The number of hydrogen-bond acceptors (Lipinski definition) is 2. The molecule has 0 saturated carbocycles. The van der Waals surface area contributed by atoms with Gasteiger partial charge in [-0.15, -0.1) is 0 Å². The predicted octanol–water partition coefficient (Wildman–Crippen LogP) is 5.18. The van der Waals surface area contributed by atoms with Crippen LogP contribution in [0.25, 0.3) is 0 Å². The summed E-state index contributed by atoms with van der Waals surface area (Å²) in [6, 6.07) is 7.38. The molecule has 2 rings (SSSR count). The third-order valence-corrected chi connectivity index (χ3v) is 3.54. The highest BCUT2D eigenvalue weighted by molar-refractivity contribution is 9.10. The van der Waals surface area contributed by atoms with Crippen LogP contribution in [0.1, 0.15) is 5.56 Å². The monoisotopic (exact) mass is 364 g/mol. The molecule has 2 nitrogen and oxygen atoms in total. The minimum atomic E-state index is -0.590. The molecule has 0 radical (unpaired) electrons. The zero-order valence-electron chi connectivity index (χ0n) is 9.46. The summed E-state index contributed by atoms with van der Waals surface area (Å²) in [5.74, 6) is 0.0173. The largest absolute Gasteiger partial charge is 0.456 e. The molecule has 0 aliphatic carbocycles. The van der Waals surface area contributed by atoms with E-state index in [9.17, 15) is 9.50 Å². The van der Waals surface area contributed by atoms with Crippen molar-refractivity contribution in [2.24, 2.45) is 0 Å². The normalized spacial score (nSPS) is 10.6. The molecule has 0 aliphatic rings. The van der Waals surface area contributed by atoms with Crippen LogP contribution in [0.2, 0.25) is 10.0 Å². The molecule has 0 spiro atoms. The second-order valence-corrected chi connectivity index (χ2v) is 5.41. The molecule has 0 bridgehead atoms. The van der Waals surface area contributed by atoms with Gasteiger partial charge in [-0.05, 0) is 34.1 Å². The van der Waals surface area contributed by atoms with E-state index in [1.54, 1.807) is 18.2 Å². The fraction of sp³-hybridized carbons (Fsp3) is 0.0769. The van der Waals surface area contributed by atoms with Crippen molar-refractivity contribution >= 4 is 39.1 Å². The molecular weight excluding hydrogens is 358 g/mol. The molecule has 0 fully saturated rings. The van der Waals surface area contributed by atoms with Crippen molar-refractivity contribution in [1.29, 1.82) is 0 Å². The van der Waals surface area contributed by atoms with Crippen LogP contribution in [-0.2, 0) is 6.61 Å². The smallest absolute Gasteiger partial charge is 0.145 e. The molecule has 100 valence electrons. The Bertz CT molecular complexity index is 620. The van der Waals surface area contributed by atoms with Gasteiger partial charge in [-0.25, -0.2) is 4.39 Å². The van der Waals surface area contributed by atoms with E-state index >= 15 is 0 Å². The average Bonchev–Trinajstić information content (AvgIpc) is 2.36. The maximum absolute atomic E-state index is 13.4. The second-order valence-electron chi connectivity index (χ2n) is 3.71. The van der Waals surface area contributed by atoms with Crippen molar-refractivity contribution in [2.75, 3.05) is 0 Å². The Morgan fingerprint density at radius 2 is 1.89 bits per heavy atom. The lowest BCUT2D eigenvalue weighted by Crippen LogP contribution is -1.93. The van der Waals surface area contributed by atoms with Gasteiger partial charge in [0.15, 0.2) is 0 Å². The number of hydrogen-bond donors (Lipinski definition) is 1. The van der Waals surface area contributed by atoms with Crippen LogP contribution in [0, 0.1) is 5.82 Å². The van der Waals surface area contributed by atoms with Crippen molar-refractivity contribution in [3.63, 3.8) is 0 Å². The Morgan fingerprint density at radius 1 is 1.16 bits per heavy atom. The Balaban J connectivity index is 2.41. The Hall–Kier alpha value is -0.810. The summed E-state index contributed by atoms with van der Waals surface area (Å²) in [4.78, 5) is 0. The van der Waals surface area contributed by atoms with Crippen LogP contribution >= 0.6 is 39.1 Å². The predicted molar refractivity (Wildman–Crippen MR) is 76.6 cm³/mol. The van der Waals surface area contributed by atoms with Crippen molar-refractivity contribution in [1.82, 2.24) is 0 Å². The van der Waals surface area contributed by atoms with Crippen molar-refractivity contribution < 1.29 is 14.2 Å². The molecule has 0 aliphatic heterocycles. The van der Waals surface area contributed by atoms with Crippen molar-refractivity contribution in [3.05, 3.63) is 56.2 Å². The Kier molecular flexibility index (Phi) is 4.68. The number of halogens is 4. The van der Waals surface area contributed by atoms with E-state index in [1.165, 1.54) is 6.07 Å². The molecular formula is C13H8BrCl2FO2. The molecule has 19 heavy (non-hydrogen) atoms. The average molecular weight is 366 g/mol. The van der Waals surface area contributed by atoms with Gasteiger partial charge in [-0.3, -0.25) is 0 Å². The minimum absolute atomic E-state index is 0.00676. The number of aliphatic hydroxyl groups is 1. The van der Waals surface area contributed by atoms with E-state index in [0.29, 0.717) is 20.8 Å². The summed E-state index contributed by atoms with van der Waals surface area (Å²) in [6.45, 7) is -0.208. The first-order chi connectivity index (χ1) is 9.01. The molecule has 6 heteroatoms. The first kappa shape index (κ1) is 14.6. The molecule has 0 amide bonds. The molecule has 0 unspecified atom stereocenters. The second kappa shape index (κ2) is 6.09. The fourth-order valence-electron chi connectivity index (χ4n) is 1.46. The molecule has 0 aromatic heterocycles. The standard InChI is InChI=1S/C13H8BrCl2FO2/c14-9-4-10(16)11(17)5-13(9)19-12-3-8(15)2-1-7(12)6-18/h1-5,18H,6H2. The highest BCUT2D eigenvalue weighted by Gasteiger charge is 2.11. The lowest BCUT2D eigenvalue weighted by Gasteiger charge is -2.12.